The normalized spacial score (nSPS) is 14.2. The molecule has 0 amide bonds. The van der Waals surface area contributed by atoms with E-state index < -0.39 is 5.97 Å². The highest BCUT2D eigenvalue weighted by atomic mass is 16.4. The Morgan fingerprint density at radius 1 is 1.38 bits per heavy atom. The summed E-state index contributed by atoms with van der Waals surface area (Å²) in [6.45, 7) is 0.587. The van der Waals surface area contributed by atoms with Gasteiger partial charge in [0.05, 0.1) is 6.54 Å². The number of aliphatic imine (C=N–C) groups is 1. The third-order valence-electron chi connectivity index (χ3n) is 2.10. The summed E-state index contributed by atoms with van der Waals surface area (Å²) < 4.78 is 0. The van der Waals surface area contributed by atoms with Crippen molar-refractivity contribution >= 4 is 11.8 Å². The minimum Gasteiger partial charge on any atom is -0.475 e. The molecule has 0 radical (unpaired) electrons. The molecule has 0 aromatic heterocycles. The molecule has 5 heteroatoms. The van der Waals surface area contributed by atoms with Crippen molar-refractivity contribution in [3.05, 3.63) is 48.3 Å². The number of amidine groups is 1. The van der Waals surface area contributed by atoms with Crippen LogP contribution in [0.3, 0.4) is 0 Å². The van der Waals surface area contributed by atoms with Gasteiger partial charge >= 0.3 is 5.97 Å². The van der Waals surface area contributed by atoms with Crippen LogP contribution in [0.1, 0.15) is 5.56 Å². The van der Waals surface area contributed by atoms with Gasteiger partial charge in [-0.05, 0) is 5.56 Å². The van der Waals surface area contributed by atoms with E-state index >= 15 is 0 Å². The van der Waals surface area contributed by atoms with Crippen molar-refractivity contribution in [1.29, 1.82) is 0 Å². The van der Waals surface area contributed by atoms with Gasteiger partial charge in [0, 0.05) is 12.4 Å². The van der Waals surface area contributed by atoms with E-state index in [1.165, 1.54) is 6.20 Å². The Labute approximate surface area is 92.7 Å². The second kappa shape index (κ2) is 4.48. The Kier molecular flexibility index (Phi) is 2.86. The van der Waals surface area contributed by atoms with Gasteiger partial charge in [-0.15, -0.1) is 0 Å². The number of hydrazine groups is 1. The summed E-state index contributed by atoms with van der Waals surface area (Å²) in [6.07, 6.45) is 3.16. The lowest BCUT2D eigenvalue weighted by Crippen LogP contribution is -2.43. The zero-order chi connectivity index (χ0) is 11.4. The van der Waals surface area contributed by atoms with Crippen LogP contribution in [0.25, 0.3) is 0 Å². The van der Waals surface area contributed by atoms with E-state index in [9.17, 15) is 4.79 Å². The van der Waals surface area contributed by atoms with Crippen LogP contribution >= 0.6 is 0 Å². The van der Waals surface area contributed by atoms with Gasteiger partial charge in [-0.2, -0.15) is 0 Å². The van der Waals surface area contributed by atoms with E-state index in [-0.39, 0.29) is 5.84 Å². The number of benzene rings is 1. The zero-order valence-corrected chi connectivity index (χ0v) is 8.50. The van der Waals surface area contributed by atoms with E-state index in [0.717, 1.165) is 5.56 Å². The maximum absolute atomic E-state index is 10.7. The van der Waals surface area contributed by atoms with Gasteiger partial charge in [-0.1, -0.05) is 30.3 Å². The van der Waals surface area contributed by atoms with Gasteiger partial charge in [0.1, 0.15) is 0 Å². The van der Waals surface area contributed by atoms with E-state index in [0.29, 0.717) is 6.54 Å². The fourth-order valence-corrected chi connectivity index (χ4v) is 1.37. The van der Waals surface area contributed by atoms with Gasteiger partial charge < -0.3 is 5.11 Å². The van der Waals surface area contributed by atoms with E-state index in [1.54, 1.807) is 11.2 Å². The van der Waals surface area contributed by atoms with Crippen LogP contribution in [0.4, 0.5) is 0 Å². The molecule has 0 fully saturated rings. The molecular formula is C11H11N3O2. The minimum atomic E-state index is -1.07. The molecule has 1 aliphatic rings. The summed E-state index contributed by atoms with van der Waals surface area (Å²) in [4.78, 5) is 14.4. The van der Waals surface area contributed by atoms with Crippen LogP contribution in [0.5, 0.6) is 0 Å². The second-order valence-corrected chi connectivity index (χ2v) is 3.31. The average Bonchev–Trinajstić information content (AvgIpc) is 2.30. The van der Waals surface area contributed by atoms with Gasteiger partial charge in [-0.25, -0.2) is 9.79 Å². The third-order valence-corrected chi connectivity index (χ3v) is 2.10. The molecule has 1 aromatic carbocycles. The third kappa shape index (κ3) is 2.38. The first-order chi connectivity index (χ1) is 7.75. The Balaban J connectivity index is 2.02. The van der Waals surface area contributed by atoms with Crippen LogP contribution in [-0.4, -0.2) is 21.9 Å². The molecule has 0 spiro atoms. The van der Waals surface area contributed by atoms with Crippen LogP contribution in [0, 0.1) is 0 Å². The summed E-state index contributed by atoms with van der Waals surface area (Å²) in [7, 11) is 0. The zero-order valence-electron chi connectivity index (χ0n) is 8.50. The molecule has 0 atom stereocenters. The molecule has 0 aliphatic carbocycles. The van der Waals surface area contributed by atoms with Crippen molar-refractivity contribution in [2.75, 3.05) is 0 Å². The average molecular weight is 217 g/mol. The minimum absolute atomic E-state index is 0.0709. The number of carboxylic acid groups (broad SMARTS) is 1. The predicted octanol–water partition coefficient (Wildman–Crippen LogP) is 0.961. The highest BCUT2D eigenvalue weighted by Gasteiger charge is 2.14. The number of carbonyl (C=O) groups is 1. The van der Waals surface area contributed by atoms with Gasteiger partial charge in [-0.3, -0.25) is 10.4 Å². The topological polar surface area (TPSA) is 64.9 Å². The highest BCUT2D eigenvalue weighted by molar-refractivity contribution is 6.34. The summed E-state index contributed by atoms with van der Waals surface area (Å²) in [5.41, 5.74) is 3.79. The number of nitrogens with one attached hydrogen (secondary N) is 1. The summed E-state index contributed by atoms with van der Waals surface area (Å²) in [6, 6.07) is 9.76. The molecule has 0 unspecified atom stereocenters. The van der Waals surface area contributed by atoms with Crippen molar-refractivity contribution in [3.8, 4) is 0 Å². The molecule has 0 saturated heterocycles. The van der Waals surface area contributed by atoms with Gasteiger partial charge in [0.15, 0.2) is 0 Å². The SMILES string of the molecule is O=C(O)C1=NC=CN(Cc2ccccc2)N1. The van der Waals surface area contributed by atoms with Gasteiger partial charge in [0.25, 0.3) is 0 Å². The smallest absolute Gasteiger partial charge is 0.373 e. The summed E-state index contributed by atoms with van der Waals surface area (Å²) in [5.74, 6) is -1.14. The van der Waals surface area contributed by atoms with Crippen LogP contribution in [-0.2, 0) is 11.3 Å². The van der Waals surface area contributed by atoms with Crippen LogP contribution < -0.4 is 5.43 Å². The second-order valence-electron chi connectivity index (χ2n) is 3.31. The fourth-order valence-electron chi connectivity index (χ4n) is 1.37. The Morgan fingerprint density at radius 3 is 2.81 bits per heavy atom. The van der Waals surface area contributed by atoms with Crippen LogP contribution in [0.15, 0.2) is 47.7 Å². The van der Waals surface area contributed by atoms with Crippen molar-refractivity contribution in [2.24, 2.45) is 4.99 Å². The number of rotatable bonds is 3. The maximum Gasteiger partial charge on any atom is 0.373 e. The molecule has 16 heavy (non-hydrogen) atoms. The number of carboxylic acids is 1. The monoisotopic (exact) mass is 217 g/mol. The maximum atomic E-state index is 10.7. The molecule has 1 aliphatic heterocycles. The lowest BCUT2D eigenvalue weighted by atomic mass is 10.2. The largest absolute Gasteiger partial charge is 0.475 e. The Morgan fingerprint density at radius 2 is 2.12 bits per heavy atom. The number of hydrogen-bond donors (Lipinski definition) is 2. The lowest BCUT2D eigenvalue weighted by Gasteiger charge is -2.23. The Bertz CT molecular complexity index is 440. The van der Waals surface area contributed by atoms with E-state index in [2.05, 4.69) is 10.4 Å². The molecule has 0 saturated carbocycles. The molecule has 82 valence electrons. The van der Waals surface area contributed by atoms with Gasteiger partial charge in [0.2, 0.25) is 5.84 Å². The lowest BCUT2D eigenvalue weighted by molar-refractivity contribution is -0.129. The molecule has 5 nitrogen and oxygen atoms in total. The molecule has 0 bridgehead atoms. The van der Waals surface area contributed by atoms with Crippen molar-refractivity contribution in [2.45, 2.75) is 6.54 Å². The first kappa shape index (κ1) is 10.2. The number of aliphatic carboxylic acids is 1. The summed E-state index contributed by atoms with van der Waals surface area (Å²) in [5, 5.41) is 10.4. The molecule has 1 heterocycles. The first-order valence-corrected chi connectivity index (χ1v) is 4.81. The number of nitrogens with zero attached hydrogens (tertiary/aromatic N) is 2. The van der Waals surface area contributed by atoms with Crippen molar-refractivity contribution in [1.82, 2.24) is 10.4 Å². The highest BCUT2D eigenvalue weighted by Crippen LogP contribution is 2.04. The molecule has 2 N–H and O–H groups in total. The van der Waals surface area contributed by atoms with Crippen LogP contribution in [0.2, 0.25) is 0 Å². The molecular weight excluding hydrogens is 206 g/mol. The molecule has 1 aromatic rings. The first-order valence-electron chi connectivity index (χ1n) is 4.81. The standard InChI is InChI=1S/C11H11N3O2/c15-11(16)10-12-6-7-14(13-10)8-9-4-2-1-3-5-9/h1-7H,8H2,(H,12,13)(H,15,16). The number of hydrogen-bond acceptors (Lipinski definition) is 4. The molecule has 2 rings (SSSR count). The van der Waals surface area contributed by atoms with E-state index in [1.807, 2.05) is 30.3 Å². The fraction of sp³-hybridized carbons (Fsp3) is 0.0909. The predicted molar refractivity (Wildman–Crippen MR) is 59.3 cm³/mol. The Hall–Kier alpha value is -2.30. The quantitative estimate of drug-likeness (QED) is 0.791. The van der Waals surface area contributed by atoms with E-state index in [4.69, 9.17) is 5.11 Å². The van der Waals surface area contributed by atoms with Crippen molar-refractivity contribution < 1.29 is 9.90 Å². The summed E-state index contributed by atoms with van der Waals surface area (Å²) >= 11 is 0. The van der Waals surface area contributed by atoms with Crippen molar-refractivity contribution in [3.63, 3.8) is 0 Å².